The third-order valence-corrected chi connectivity index (χ3v) is 7.82. The van der Waals surface area contributed by atoms with Crippen molar-refractivity contribution in [1.82, 2.24) is 20.2 Å². The summed E-state index contributed by atoms with van der Waals surface area (Å²) in [6, 6.07) is 21.9. The molecule has 1 fully saturated rings. The van der Waals surface area contributed by atoms with Crippen molar-refractivity contribution >= 4 is 58.3 Å². The molecule has 4 aromatic rings. The van der Waals surface area contributed by atoms with Crippen LogP contribution in [0.25, 0.3) is 0 Å². The Morgan fingerprint density at radius 2 is 1.76 bits per heavy atom. The maximum Gasteiger partial charge on any atom is 0.490 e. The predicted octanol–water partition coefficient (Wildman–Crippen LogP) is 6.26. The number of likely N-dealkylation sites (tertiary alicyclic amines) is 1. The van der Waals surface area contributed by atoms with E-state index in [-0.39, 0.29) is 18.0 Å². The molecule has 1 aromatic heterocycles. The molecule has 0 aliphatic carbocycles. The molecular weight excluding hydrogens is 665 g/mol. The van der Waals surface area contributed by atoms with Crippen LogP contribution < -0.4 is 21.3 Å². The Bertz CT molecular complexity index is 1920. The fraction of sp³-hybridized carbons (Fsp3) is 0.212. The molecule has 3 amide bonds. The van der Waals surface area contributed by atoms with Crippen LogP contribution in [0, 0.1) is 11.3 Å². The molecule has 0 saturated carbocycles. The number of anilines is 5. The summed E-state index contributed by atoms with van der Waals surface area (Å²) in [6.45, 7) is 0.949. The fourth-order valence-corrected chi connectivity index (χ4v) is 5.28. The van der Waals surface area contributed by atoms with E-state index in [1.54, 1.807) is 35.4 Å². The molecule has 6 rings (SSSR count). The first-order valence-corrected chi connectivity index (χ1v) is 15.2. The number of fused-ring (bicyclic) bond motifs is 6. The zero-order chi connectivity index (χ0) is 35.1. The summed E-state index contributed by atoms with van der Waals surface area (Å²) in [5.41, 5.74) is 5.44. The molecule has 2 aliphatic heterocycles. The number of rotatable bonds is 3. The second kappa shape index (κ2) is 14.9. The molecule has 12 nitrogen and oxygen atoms in total. The van der Waals surface area contributed by atoms with E-state index < -0.39 is 12.1 Å². The van der Waals surface area contributed by atoms with Crippen LogP contribution in [0.3, 0.4) is 0 Å². The number of aliphatic carboxylic acids is 1. The minimum atomic E-state index is -5.08. The molecule has 3 heterocycles. The van der Waals surface area contributed by atoms with Gasteiger partial charge in [-0.1, -0.05) is 23.7 Å². The smallest absolute Gasteiger partial charge is 0.475 e. The number of aryl methyl sites for hydroxylation is 2. The minimum Gasteiger partial charge on any atom is -0.475 e. The number of nitrogens with zero attached hydrogens (tertiary/aromatic N) is 4. The Morgan fingerprint density at radius 3 is 2.47 bits per heavy atom. The fourth-order valence-electron chi connectivity index (χ4n) is 5.14. The lowest BCUT2D eigenvalue weighted by molar-refractivity contribution is -0.192. The normalized spacial score (nSPS) is 14.9. The number of carbonyl (C=O) groups is 3. The van der Waals surface area contributed by atoms with Crippen LogP contribution in [0.5, 0.6) is 0 Å². The maximum absolute atomic E-state index is 13.1. The van der Waals surface area contributed by atoms with Gasteiger partial charge in [0.1, 0.15) is 5.02 Å². The molecule has 0 unspecified atom stereocenters. The van der Waals surface area contributed by atoms with Gasteiger partial charge in [0.15, 0.2) is 5.82 Å². The van der Waals surface area contributed by atoms with Crippen molar-refractivity contribution in [1.29, 1.82) is 5.26 Å². The molecule has 0 radical (unpaired) electrons. The number of benzene rings is 3. The van der Waals surface area contributed by atoms with Crippen LogP contribution >= 0.6 is 11.6 Å². The molecule has 49 heavy (non-hydrogen) atoms. The summed E-state index contributed by atoms with van der Waals surface area (Å²) in [5.74, 6) is -1.98. The number of carbonyl (C=O) groups excluding carboxylic acids is 2. The van der Waals surface area contributed by atoms with Gasteiger partial charge in [-0.15, -0.1) is 0 Å². The first kappa shape index (κ1) is 34.5. The van der Waals surface area contributed by atoms with Crippen molar-refractivity contribution in [3.63, 3.8) is 0 Å². The highest BCUT2D eigenvalue weighted by Crippen LogP contribution is 2.29. The Balaban J connectivity index is 0.000000606. The van der Waals surface area contributed by atoms with Crippen molar-refractivity contribution in [3.05, 3.63) is 100 Å². The molecular formula is C33H28ClF3N8O4. The molecule has 3 aromatic carbocycles. The summed E-state index contributed by atoms with van der Waals surface area (Å²) in [7, 11) is 0. The Labute approximate surface area is 282 Å². The SMILES string of the molecule is N#Cc1ccc(C(=O)N2CC[C@H](NC(=O)Nc3ccc4cc3CCc3cccc(c3)Nc3ncc(Cl)c(n3)N4)C2)cc1.O=C(O)C(F)(F)F. The quantitative estimate of drug-likeness (QED) is 0.166. The second-order valence-corrected chi connectivity index (χ2v) is 11.4. The van der Waals surface area contributed by atoms with E-state index in [0.717, 1.165) is 28.9 Å². The van der Waals surface area contributed by atoms with Gasteiger partial charge in [0.05, 0.1) is 17.8 Å². The Morgan fingerprint density at radius 1 is 1.02 bits per heavy atom. The predicted molar refractivity (Wildman–Crippen MR) is 175 cm³/mol. The van der Waals surface area contributed by atoms with E-state index in [1.165, 1.54) is 0 Å². The molecule has 1 saturated heterocycles. The van der Waals surface area contributed by atoms with Gasteiger partial charge < -0.3 is 31.3 Å². The van der Waals surface area contributed by atoms with Crippen LogP contribution in [0.15, 0.2) is 72.9 Å². The number of nitrogens with one attached hydrogen (secondary N) is 4. The number of hydrogen-bond acceptors (Lipinski definition) is 8. The number of aromatic nitrogens is 2. The Hall–Kier alpha value is -5.88. The summed E-state index contributed by atoms with van der Waals surface area (Å²) < 4.78 is 31.7. The van der Waals surface area contributed by atoms with Gasteiger partial charge in [-0.25, -0.2) is 14.6 Å². The second-order valence-electron chi connectivity index (χ2n) is 11.0. The van der Waals surface area contributed by atoms with Crippen LogP contribution in [0.4, 0.5) is 46.8 Å². The summed E-state index contributed by atoms with van der Waals surface area (Å²) in [4.78, 5) is 45.4. The van der Waals surface area contributed by atoms with Crippen molar-refractivity contribution in [3.8, 4) is 6.07 Å². The zero-order valence-corrected chi connectivity index (χ0v) is 26.3. The number of alkyl halides is 3. The average Bonchev–Trinajstić information content (AvgIpc) is 3.54. The van der Waals surface area contributed by atoms with Crippen molar-refractivity contribution < 1.29 is 32.7 Å². The Kier molecular flexibility index (Phi) is 10.5. The molecule has 16 heteroatoms. The lowest BCUT2D eigenvalue weighted by atomic mass is 10.0. The van der Waals surface area contributed by atoms with Gasteiger partial charge in [0, 0.05) is 41.8 Å². The van der Waals surface area contributed by atoms with E-state index in [0.29, 0.717) is 59.5 Å². The van der Waals surface area contributed by atoms with Crippen molar-refractivity contribution in [2.45, 2.75) is 31.5 Å². The van der Waals surface area contributed by atoms with Crippen molar-refractivity contribution in [2.75, 3.05) is 29.0 Å². The van der Waals surface area contributed by atoms with Gasteiger partial charge in [-0.3, -0.25) is 4.79 Å². The summed E-state index contributed by atoms with van der Waals surface area (Å²) in [6.07, 6.45) is -1.45. The third-order valence-electron chi connectivity index (χ3n) is 7.54. The van der Waals surface area contributed by atoms with Crippen LogP contribution in [-0.4, -0.2) is 63.2 Å². The number of amides is 3. The molecule has 2 aliphatic rings. The summed E-state index contributed by atoms with van der Waals surface area (Å²) in [5, 5.41) is 29.0. The van der Waals surface area contributed by atoms with Crippen LogP contribution in [0.1, 0.15) is 33.5 Å². The average molecular weight is 693 g/mol. The van der Waals surface area contributed by atoms with Gasteiger partial charge in [0.2, 0.25) is 5.95 Å². The molecule has 252 valence electrons. The molecule has 0 spiro atoms. The highest BCUT2D eigenvalue weighted by atomic mass is 35.5. The van der Waals surface area contributed by atoms with Gasteiger partial charge in [-0.2, -0.15) is 23.4 Å². The van der Waals surface area contributed by atoms with E-state index in [9.17, 15) is 22.8 Å². The van der Waals surface area contributed by atoms with Gasteiger partial charge in [0.25, 0.3) is 5.91 Å². The number of hydrogen-bond donors (Lipinski definition) is 5. The van der Waals surface area contributed by atoms with E-state index in [2.05, 4.69) is 49.4 Å². The lowest BCUT2D eigenvalue weighted by Crippen LogP contribution is -2.40. The first-order valence-electron chi connectivity index (χ1n) is 14.8. The molecule has 5 N–H and O–H groups in total. The number of carboxylic acids is 1. The minimum absolute atomic E-state index is 0.117. The number of carboxylic acid groups (broad SMARTS) is 1. The molecule has 6 bridgehead atoms. The maximum atomic E-state index is 13.1. The molecule has 1 atom stereocenters. The van der Waals surface area contributed by atoms with Crippen LogP contribution in [0.2, 0.25) is 5.02 Å². The highest BCUT2D eigenvalue weighted by molar-refractivity contribution is 6.32. The highest BCUT2D eigenvalue weighted by Gasteiger charge is 2.38. The summed E-state index contributed by atoms with van der Waals surface area (Å²) >= 11 is 6.37. The van der Waals surface area contributed by atoms with Gasteiger partial charge >= 0.3 is 18.2 Å². The largest absolute Gasteiger partial charge is 0.490 e. The van der Waals surface area contributed by atoms with E-state index in [4.69, 9.17) is 26.8 Å². The number of nitriles is 1. The third kappa shape index (κ3) is 9.14. The first-order chi connectivity index (χ1) is 23.4. The van der Waals surface area contributed by atoms with Crippen LogP contribution in [-0.2, 0) is 17.6 Å². The van der Waals surface area contributed by atoms with Gasteiger partial charge in [-0.05, 0) is 85.0 Å². The standard InChI is InChI=1S/C31H27ClN8O2.C2HF3O2/c32-26-17-34-30-36-23-3-1-2-19(14-23)4-9-22-15-24(35-28(26)39-30)10-11-27(22)38-31(42)37-25-12-13-40(18-25)29(41)21-7-5-20(16-33)6-8-21;3-2(4,5)1(6)7/h1-3,5-8,10-11,14-15,17,25H,4,9,12-13,18H2,(H2,37,38,42)(H2,34,35,36,39);(H,6,7)/t25-;/m0./s1. The number of halogens is 4. The van der Waals surface area contributed by atoms with E-state index >= 15 is 0 Å². The van der Waals surface area contributed by atoms with E-state index in [1.807, 2.05) is 30.3 Å². The lowest BCUT2D eigenvalue weighted by Gasteiger charge is -2.18. The number of urea groups is 1. The topological polar surface area (TPSA) is 172 Å². The zero-order valence-electron chi connectivity index (χ0n) is 25.5. The van der Waals surface area contributed by atoms with Crippen molar-refractivity contribution in [2.24, 2.45) is 0 Å². The monoisotopic (exact) mass is 692 g/mol.